The highest BCUT2D eigenvalue weighted by molar-refractivity contribution is 4.73. The zero-order chi connectivity index (χ0) is 14.1. The Bertz CT molecular complexity index is 196. The van der Waals surface area contributed by atoms with Crippen molar-refractivity contribution in [3.8, 4) is 0 Å². The molecule has 0 N–H and O–H groups in total. The minimum atomic E-state index is 0.272. The highest BCUT2D eigenvalue weighted by Crippen LogP contribution is 2.16. The molecule has 0 unspecified atom stereocenters. The van der Waals surface area contributed by atoms with Crippen LogP contribution in [0.3, 0.4) is 0 Å². The average Bonchev–Trinajstić information content (AvgIpc) is 2.35. The van der Waals surface area contributed by atoms with Gasteiger partial charge in [0.05, 0.1) is 12.7 Å². The van der Waals surface area contributed by atoms with E-state index in [1.807, 2.05) is 24.1 Å². The average molecular weight is 259 g/mol. The summed E-state index contributed by atoms with van der Waals surface area (Å²) in [7, 11) is 1.94. The Balaban J connectivity index is 4.25. The van der Waals surface area contributed by atoms with E-state index in [1.54, 1.807) is 0 Å². The summed E-state index contributed by atoms with van der Waals surface area (Å²) in [6.07, 6.45) is 3.30. The van der Waals surface area contributed by atoms with Crippen LogP contribution in [0.4, 0.5) is 0 Å². The Kier molecular flexibility index (Phi) is 9.64. The van der Waals surface area contributed by atoms with Gasteiger partial charge in [-0.05, 0) is 25.7 Å². The lowest BCUT2D eigenvalue weighted by Gasteiger charge is -2.34. The summed E-state index contributed by atoms with van der Waals surface area (Å²) in [5, 5.41) is 3.71. The second kappa shape index (κ2) is 9.73. The van der Waals surface area contributed by atoms with Gasteiger partial charge in [-0.25, -0.2) is 0 Å². The van der Waals surface area contributed by atoms with Gasteiger partial charge in [0, 0.05) is 13.6 Å². The van der Waals surface area contributed by atoms with Crippen molar-refractivity contribution in [2.75, 3.05) is 20.2 Å². The van der Waals surface area contributed by atoms with Crippen LogP contribution in [0.15, 0.2) is 0 Å². The van der Waals surface area contributed by atoms with Crippen LogP contribution in [0.2, 0.25) is 0 Å². The van der Waals surface area contributed by atoms with Gasteiger partial charge in [-0.3, -0.25) is 9.68 Å². The molecule has 0 aliphatic heterocycles. The lowest BCUT2D eigenvalue weighted by molar-refractivity contribution is -0.255. The van der Waals surface area contributed by atoms with Gasteiger partial charge in [0.1, 0.15) is 0 Å². The summed E-state index contributed by atoms with van der Waals surface area (Å²) >= 11 is 0. The van der Waals surface area contributed by atoms with E-state index in [0.717, 1.165) is 32.2 Å². The maximum atomic E-state index is 5.87. The fraction of sp³-hybridized carbons (Fsp3) is 0.929. The Morgan fingerprint density at radius 2 is 1.67 bits per heavy atom. The summed E-state index contributed by atoms with van der Waals surface area (Å²) < 4.78 is 0. The lowest BCUT2D eigenvalue weighted by atomic mass is 10.2. The van der Waals surface area contributed by atoms with Crippen molar-refractivity contribution in [1.29, 1.82) is 0 Å². The first-order chi connectivity index (χ1) is 8.46. The topological polar surface area (TPSA) is 24.9 Å². The zero-order valence-electron chi connectivity index (χ0n) is 13.2. The molecule has 0 atom stereocenters. The standard InChI is InChI=1S/C14H31N2O2/c1-8-14(9-2)18-15(7)13(6)16(10-3)17-11-12(4)5/h12,14H,8-11H2,1-7H3. The van der Waals surface area contributed by atoms with Crippen LogP contribution in [0.25, 0.3) is 0 Å². The van der Waals surface area contributed by atoms with E-state index in [1.165, 1.54) is 0 Å². The Hall–Kier alpha value is -0.160. The molecule has 0 aromatic carbocycles. The van der Waals surface area contributed by atoms with Crippen molar-refractivity contribution >= 4 is 0 Å². The van der Waals surface area contributed by atoms with E-state index >= 15 is 0 Å². The Morgan fingerprint density at radius 1 is 1.11 bits per heavy atom. The van der Waals surface area contributed by atoms with Gasteiger partial charge in [-0.2, -0.15) is 10.1 Å². The zero-order valence-corrected chi connectivity index (χ0v) is 13.2. The molecule has 0 amide bonds. The molecule has 1 radical (unpaired) electrons. The van der Waals surface area contributed by atoms with Gasteiger partial charge in [0.25, 0.3) is 0 Å². The monoisotopic (exact) mass is 259 g/mol. The van der Waals surface area contributed by atoms with E-state index in [0.29, 0.717) is 5.92 Å². The molecular formula is C14H31N2O2. The number of hydrogen-bond acceptors (Lipinski definition) is 4. The molecule has 0 bridgehead atoms. The molecule has 18 heavy (non-hydrogen) atoms. The number of nitrogens with zero attached hydrogens (tertiary/aromatic N) is 2. The van der Waals surface area contributed by atoms with Crippen molar-refractivity contribution < 1.29 is 9.68 Å². The Morgan fingerprint density at radius 3 is 2.06 bits per heavy atom. The minimum absolute atomic E-state index is 0.272. The molecule has 0 fully saturated rings. The number of hydroxylamine groups is 4. The molecule has 0 saturated heterocycles. The molecule has 0 aromatic rings. The molecule has 109 valence electrons. The van der Waals surface area contributed by atoms with Gasteiger partial charge in [0.2, 0.25) is 0 Å². The molecule has 0 aliphatic rings. The second-order valence-electron chi connectivity index (χ2n) is 4.97. The van der Waals surface area contributed by atoms with Gasteiger partial charge in [-0.1, -0.05) is 34.6 Å². The summed E-state index contributed by atoms with van der Waals surface area (Å²) in [4.78, 5) is 11.6. The van der Waals surface area contributed by atoms with Crippen molar-refractivity contribution in [3.05, 3.63) is 6.17 Å². The molecule has 4 nitrogen and oxygen atoms in total. The molecule has 0 heterocycles. The third-order valence-corrected chi connectivity index (χ3v) is 2.89. The van der Waals surface area contributed by atoms with Crippen molar-refractivity contribution in [3.63, 3.8) is 0 Å². The third kappa shape index (κ3) is 6.69. The molecule has 4 heteroatoms. The van der Waals surface area contributed by atoms with Gasteiger partial charge in [0.15, 0.2) is 6.17 Å². The van der Waals surface area contributed by atoms with Crippen LogP contribution in [0.5, 0.6) is 0 Å². The summed E-state index contributed by atoms with van der Waals surface area (Å²) in [6.45, 7) is 14.2. The smallest absolute Gasteiger partial charge is 0.153 e. The highest BCUT2D eigenvalue weighted by Gasteiger charge is 2.22. The first-order valence-corrected chi connectivity index (χ1v) is 7.10. The predicted molar refractivity (Wildman–Crippen MR) is 75.3 cm³/mol. The molecule has 0 aromatic heterocycles. The predicted octanol–water partition coefficient (Wildman–Crippen LogP) is 3.46. The first kappa shape index (κ1) is 17.8. The Labute approximate surface area is 113 Å². The van der Waals surface area contributed by atoms with E-state index in [2.05, 4.69) is 34.6 Å². The molecule has 0 aliphatic carbocycles. The van der Waals surface area contributed by atoms with Crippen molar-refractivity contribution in [1.82, 2.24) is 10.1 Å². The lowest BCUT2D eigenvalue weighted by Crippen LogP contribution is -2.40. The van der Waals surface area contributed by atoms with Gasteiger partial charge in [-0.15, -0.1) is 0 Å². The SMILES string of the molecule is CCC(CC)ON(C)[C](C)N(CC)OCC(C)C. The number of hydrogen-bond donors (Lipinski definition) is 0. The summed E-state index contributed by atoms with van der Waals surface area (Å²) in [5.41, 5.74) is 0. The normalized spacial score (nSPS) is 12.7. The van der Waals surface area contributed by atoms with E-state index in [-0.39, 0.29) is 6.10 Å². The highest BCUT2D eigenvalue weighted by atomic mass is 16.7. The van der Waals surface area contributed by atoms with Gasteiger partial charge < -0.3 is 0 Å². The second-order valence-corrected chi connectivity index (χ2v) is 4.97. The summed E-state index contributed by atoms with van der Waals surface area (Å²) in [5.74, 6) is 0.525. The van der Waals surface area contributed by atoms with E-state index in [4.69, 9.17) is 9.68 Å². The van der Waals surface area contributed by atoms with Crippen molar-refractivity contribution in [2.24, 2.45) is 5.92 Å². The largest absolute Gasteiger partial charge is 0.297 e. The maximum Gasteiger partial charge on any atom is 0.153 e. The quantitative estimate of drug-likeness (QED) is 0.561. The van der Waals surface area contributed by atoms with Crippen LogP contribution >= 0.6 is 0 Å². The fourth-order valence-corrected chi connectivity index (χ4v) is 1.55. The minimum Gasteiger partial charge on any atom is -0.297 e. The molecule has 0 spiro atoms. The van der Waals surface area contributed by atoms with Crippen LogP contribution < -0.4 is 0 Å². The number of rotatable bonds is 10. The van der Waals surface area contributed by atoms with Crippen LogP contribution in [-0.2, 0) is 9.68 Å². The third-order valence-electron chi connectivity index (χ3n) is 2.89. The van der Waals surface area contributed by atoms with E-state index < -0.39 is 0 Å². The van der Waals surface area contributed by atoms with Crippen LogP contribution in [-0.4, -0.2) is 36.4 Å². The first-order valence-electron chi connectivity index (χ1n) is 7.10. The fourth-order valence-electron chi connectivity index (χ4n) is 1.55. The molecular weight excluding hydrogens is 228 g/mol. The van der Waals surface area contributed by atoms with Gasteiger partial charge >= 0.3 is 0 Å². The van der Waals surface area contributed by atoms with Crippen LogP contribution in [0, 0.1) is 12.1 Å². The van der Waals surface area contributed by atoms with Crippen molar-refractivity contribution in [2.45, 2.75) is 60.5 Å². The molecule has 0 rings (SSSR count). The van der Waals surface area contributed by atoms with Crippen LogP contribution in [0.1, 0.15) is 54.4 Å². The summed E-state index contributed by atoms with van der Waals surface area (Å²) in [6, 6.07) is 0. The van der Waals surface area contributed by atoms with E-state index in [9.17, 15) is 0 Å². The maximum absolute atomic E-state index is 5.87. The molecule has 0 saturated carbocycles.